The predicted molar refractivity (Wildman–Crippen MR) is 80.6 cm³/mol. The number of hydrogen-bond donors (Lipinski definition) is 3. The minimum absolute atomic E-state index is 0.0129. The van der Waals surface area contributed by atoms with Gasteiger partial charge in [-0.2, -0.15) is 0 Å². The zero-order chi connectivity index (χ0) is 15.2. The Bertz CT molecular complexity index is 643. The summed E-state index contributed by atoms with van der Waals surface area (Å²) in [6.45, 7) is 2.49. The summed E-state index contributed by atoms with van der Waals surface area (Å²) >= 11 is 0. The van der Waals surface area contributed by atoms with Crippen LogP contribution in [0.15, 0.2) is 53.7 Å². The number of benzene rings is 2. The zero-order valence-corrected chi connectivity index (χ0v) is 11.8. The minimum atomic E-state index is -0.252. The Balaban J connectivity index is 2.10. The topological polar surface area (TPSA) is 70.6 Å². The van der Waals surface area contributed by atoms with E-state index in [2.05, 4.69) is 10.5 Å². The fraction of sp³-hybridized carbons (Fsp3) is 0.188. The molecule has 1 atom stereocenters. The summed E-state index contributed by atoms with van der Waals surface area (Å²) in [5, 5.41) is 15.1. The lowest BCUT2D eigenvalue weighted by Gasteiger charge is -2.16. The van der Waals surface area contributed by atoms with Crippen molar-refractivity contribution in [1.29, 1.82) is 0 Å². The summed E-state index contributed by atoms with van der Waals surface area (Å²) in [6.07, 6.45) is 0. The first kappa shape index (κ1) is 15.0. The van der Waals surface area contributed by atoms with Crippen molar-refractivity contribution in [3.05, 3.63) is 71.0 Å². The Morgan fingerprint density at radius 2 is 2.05 bits per heavy atom. The van der Waals surface area contributed by atoms with Gasteiger partial charge in [-0.05, 0) is 30.2 Å². The molecule has 21 heavy (non-hydrogen) atoms. The molecule has 4 N–H and O–H groups in total. The van der Waals surface area contributed by atoms with Gasteiger partial charge < -0.3 is 16.3 Å². The van der Waals surface area contributed by atoms with Gasteiger partial charge in [-0.15, -0.1) is 0 Å². The summed E-state index contributed by atoms with van der Waals surface area (Å²) in [4.78, 5) is 0. The van der Waals surface area contributed by atoms with Crippen LogP contribution in [0.5, 0.6) is 0 Å². The summed E-state index contributed by atoms with van der Waals surface area (Å²) in [5.74, 6) is -0.177. The summed E-state index contributed by atoms with van der Waals surface area (Å²) < 4.78 is 13.2. The van der Waals surface area contributed by atoms with Crippen molar-refractivity contribution in [3.63, 3.8) is 0 Å². The minimum Gasteiger partial charge on any atom is -0.409 e. The highest BCUT2D eigenvalue weighted by molar-refractivity contribution is 5.98. The van der Waals surface area contributed by atoms with Crippen molar-refractivity contribution in [2.75, 3.05) is 0 Å². The van der Waals surface area contributed by atoms with Crippen molar-refractivity contribution in [1.82, 2.24) is 5.32 Å². The molecule has 110 valence electrons. The average molecular weight is 287 g/mol. The van der Waals surface area contributed by atoms with Crippen LogP contribution in [0.4, 0.5) is 4.39 Å². The molecule has 4 nitrogen and oxygen atoms in total. The Kier molecular flexibility index (Phi) is 4.90. The first-order valence-electron chi connectivity index (χ1n) is 6.66. The number of nitrogens with one attached hydrogen (secondary N) is 1. The molecule has 0 heterocycles. The quantitative estimate of drug-likeness (QED) is 0.343. The monoisotopic (exact) mass is 287 g/mol. The lowest BCUT2D eigenvalue weighted by atomic mass is 10.0. The van der Waals surface area contributed by atoms with Gasteiger partial charge in [0.25, 0.3) is 0 Å². The van der Waals surface area contributed by atoms with Gasteiger partial charge in [0, 0.05) is 18.2 Å². The average Bonchev–Trinajstić information content (AvgIpc) is 2.52. The Morgan fingerprint density at radius 3 is 2.76 bits per heavy atom. The van der Waals surface area contributed by atoms with E-state index in [9.17, 15) is 4.39 Å². The van der Waals surface area contributed by atoms with E-state index in [-0.39, 0.29) is 17.7 Å². The number of oxime groups is 1. The zero-order valence-electron chi connectivity index (χ0n) is 11.8. The third kappa shape index (κ3) is 3.79. The maximum Gasteiger partial charge on any atom is 0.170 e. The van der Waals surface area contributed by atoms with Gasteiger partial charge >= 0.3 is 0 Å². The molecule has 2 aromatic carbocycles. The SMILES string of the molecule is CC(NCc1ccccc1C(N)=NO)c1cccc(F)c1. The molecule has 0 bridgehead atoms. The van der Waals surface area contributed by atoms with Crippen LogP contribution in [0.3, 0.4) is 0 Å². The van der Waals surface area contributed by atoms with Gasteiger partial charge in [0.2, 0.25) is 0 Å². The molecule has 2 rings (SSSR count). The number of nitrogens with two attached hydrogens (primary N) is 1. The molecule has 0 amide bonds. The second kappa shape index (κ2) is 6.85. The smallest absolute Gasteiger partial charge is 0.170 e. The second-order valence-corrected chi connectivity index (χ2v) is 4.80. The molecular formula is C16H18FN3O. The predicted octanol–water partition coefficient (Wildman–Crippen LogP) is 2.77. The van der Waals surface area contributed by atoms with E-state index >= 15 is 0 Å². The van der Waals surface area contributed by atoms with Gasteiger partial charge in [-0.3, -0.25) is 0 Å². The van der Waals surface area contributed by atoms with E-state index in [0.29, 0.717) is 12.1 Å². The molecular weight excluding hydrogens is 269 g/mol. The van der Waals surface area contributed by atoms with Crippen LogP contribution < -0.4 is 11.1 Å². The largest absolute Gasteiger partial charge is 0.409 e. The molecule has 0 fully saturated rings. The first-order chi connectivity index (χ1) is 10.1. The third-order valence-corrected chi connectivity index (χ3v) is 3.35. The molecule has 0 aliphatic heterocycles. The fourth-order valence-electron chi connectivity index (χ4n) is 2.14. The van der Waals surface area contributed by atoms with Crippen LogP contribution in [0, 0.1) is 5.82 Å². The van der Waals surface area contributed by atoms with Gasteiger partial charge in [0.1, 0.15) is 5.82 Å². The van der Waals surface area contributed by atoms with Crippen LogP contribution in [0.2, 0.25) is 0 Å². The number of nitrogens with zero attached hydrogens (tertiary/aromatic N) is 1. The Hall–Kier alpha value is -2.40. The molecule has 0 saturated carbocycles. The normalized spacial score (nSPS) is 13.1. The van der Waals surface area contributed by atoms with Gasteiger partial charge in [0.15, 0.2) is 5.84 Å². The highest BCUT2D eigenvalue weighted by Gasteiger charge is 2.09. The van der Waals surface area contributed by atoms with E-state index in [1.807, 2.05) is 31.2 Å². The maximum absolute atomic E-state index is 13.2. The summed E-state index contributed by atoms with van der Waals surface area (Å²) in [7, 11) is 0. The van der Waals surface area contributed by atoms with Crippen molar-refractivity contribution in [2.24, 2.45) is 10.9 Å². The standard InChI is InChI=1S/C16H18FN3O/c1-11(12-6-4-7-14(17)9-12)19-10-13-5-2-3-8-15(13)16(18)20-21/h2-9,11,19,21H,10H2,1H3,(H2,18,20). The Morgan fingerprint density at radius 1 is 1.29 bits per heavy atom. The van der Waals surface area contributed by atoms with Crippen LogP contribution in [-0.2, 0) is 6.54 Å². The molecule has 0 aliphatic rings. The van der Waals surface area contributed by atoms with E-state index in [1.54, 1.807) is 12.1 Å². The highest BCUT2D eigenvalue weighted by atomic mass is 19.1. The molecule has 1 unspecified atom stereocenters. The number of halogens is 1. The molecule has 0 saturated heterocycles. The molecule has 0 radical (unpaired) electrons. The number of amidine groups is 1. The molecule has 0 aliphatic carbocycles. The van der Waals surface area contributed by atoms with Crippen molar-refractivity contribution >= 4 is 5.84 Å². The number of rotatable bonds is 5. The third-order valence-electron chi connectivity index (χ3n) is 3.35. The van der Waals surface area contributed by atoms with E-state index in [4.69, 9.17) is 10.9 Å². The summed E-state index contributed by atoms with van der Waals surface area (Å²) in [5.41, 5.74) is 8.12. The van der Waals surface area contributed by atoms with Crippen LogP contribution in [0.1, 0.15) is 29.7 Å². The number of hydrogen-bond acceptors (Lipinski definition) is 3. The van der Waals surface area contributed by atoms with Crippen LogP contribution in [-0.4, -0.2) is 11.0 Å². The fourth-order valence-corrected chi connectivity index (χ4v) is 2.14. The van der Waals surface area contributed by atoms with Gasteiger partial charge in [-0.1, -0.05) is 41.6 Å². The first-order valence-corrected chi connectivity index (χ1v) is 6.66. The van der Waals surface area contributed by atoms with Crippen LogP contribution >= 0.6 is 0 Å². The van der Waals surface area contributed by atoms with E-state index in [0.717, 1.165) is 11.1 Å². The van der Waals surface area contributed by atoms with E-state index < -0.39 is 0 Å². The van der Waals surface area contributed by atoms with Crippen molar-refractivity contribution in [2.45, 2.75) is 19.5 Å². The van der Waals surface area contributed by atoms with Crippen LogP contribution in [0.25, 0.3) is 0 Å². The molecule has 0 spiro atoms. The lowest BCUT2D eigenvalue weighted by Crippen LogP contribution is -2.22. The van der Waals surface area contributed by atoms with Gasteiger partial charge in [-0.25, -0.2) is 4.39 Å². The van der Waals surface area contributed by atoms with Crippen molar-refractivity contribution in [3.8, 4) is 0 Å². The van der Waals surface area contributed by atoms with Gasteiger partial charge in [0.05, 0.1) is 0 Å². The van der Waals surface area contributed by atoms with Crippen molar-refractivity contribution < 1.29 is 9.60 Å². The molecule has 5 heteroatoms. The second-order valence-electron chi connectivity index (χ2n) is 4.80. The lowest BCUT2D eigenvalue weighted by molar-refractivity contribution is 0.318. The Labute approximate surface area is 123 Å². The summed E-state index contributed by atoms with van der Waals surface area (Å²) in [6, 6.07) is 13.9. The molecule has 0 aromatic heterocycles. The van der Waals surface area contributed by atoms with E-state index in [1.165, 1.54) is 12.1 Å². The molecule has 2 aromatic rings. The highest BCUT2D eigenvalue weighted by Crippen LogP contribution is 2.15. The maximum atomic E-state index is 13.2.